The molecule has 0 atom stereocenters. The quantitative estimate of drug-likeness (QED) is 0.898. The Morgan fingerprint density at radius 1 is 1.43 bits per heavy atom. The van der Waals surface area contributed by atoms with Crippen molar-refractivity contribution in [1.29, 1.82) is 0 Å². The SMILES string of the molecule is CCCN(C)c1nc(N)c(C(=O)N(C)C2CCOCC2)s1. The second-order valence-corrected chi connectivity index (χ2v) is 6.37. The summed E-state index contributed by atoms with van der Waals surface area (Å²) in [4.78, 5) is 21.3. The van der Waals surface area contributed by atoms with E-state index in [1.807, 2.05) is 19.0 Å². The molecule has 6 nitrogen and oxygen atoms in total. The summed E-state index contributed by atoms with van der Waals surface area (Å²) in [6, 6.07) is 0.226. The molecule has 2 N–H and O–H groups in total. The highest BCUT2D eigenvalue weighted by Gasteiger charge is 2.27. The summed E-state index contributed by atoms with van der Waals surface area (Å²) in [5.74, 6) is 0.301. The van der Waals surface area contributed by atoms with Gasteiger partial charge in [-0.15, -0.1) is 0 Å². The zero-order valence-corrected chi connectivity index (χ0v) is 13.8. The number of thiazole rings is 1. The first-order valence-corrected chi connectivity index (χ1v) is 8.18. The molecule has 2 heterocycles. The van der Waals surface area contributed by atoms with Gasteiger partial charge in [-0.05, 0) is 19.3 Å². The van der Waals surface area contributed by atoms with E-state index in [9.17, 15) is 4.79 Å². The van der Waals surface area contributed by atoms with Crippen LogP contribution in [0.1, 0.15) is 35.9 Å². The number of carbonyl (C=O) groups excluding carboxylic acids is 1. The minimum absolute atomic E-state index is 0.0342. The molecule has 1 aromatic rings. The van der Waals surface area contributed by atoms with Gasteiger partial charge in [0.2, 0.25) is 0 Å². The van der Waals surface area contributed by atoms with Crippen LogP contribution in [0.3, 0.4) is 0 Å². The normalized spacial score (nSPS) is 16.0. The van der Waals surface area contributed by atoms with Gasteiger partial charge in [0.05, 0.1) is 0 Å². The number of carbonyl (C=O) groups is 1. The van der Waals surface area contributed by atoms with Crippen LogP contribution in [-0.2, 0) is 4.74 Å². The number of hydrogen-bond donors (Lipinski definition) is 1. The summed E-state index contributed by atoms with van der Waals surface area (Å²) in [6.07, 6.45) is 2.79. The maximum Gasteiger partial charge on any atom is 0.267 e. The average Bonchev–Trinajstić information content (AvgIpc) is 2.89. The molecule has 7 heteroatoms. The first kappa shape index (κ1) is 16.0. The fourth-order valence-electron chi connectivity index (χ4n) is 2.47. The standard InChI is InChI=1S/C14H24N4O2S/c1-4-7-17(2)14-16-12(15)11(21-14)13(19)18(3)10-5-8-20-9-6-10/h10H,4-9,15H2,1-3H3. The minimum atomic E-state index is -0.0342. The van der Waals surface area contributed by atoms with Gasteiger partial charge in [-0.3, -0.25) is 4.79 Å². The third-order valence-electron chi connectivity index (χ3n) is 3.78. The number of amides is 1. The van der Waals surface area contributed by atoms with Crippen molar-refractivity contribution in [2.24, 2.45) is 0 Å². The molecule has 0 aromatic carbocycles. The van der Waals surface area contributed by atoms with Gasteiger partial charge in [-0.2, -0.15) is 0 Å². The first-order chi connectivity index (χ1) is 10.0. The molecule has 0 unspecified atom stereocenters. The summed E-state index contributed by atoms with van der Waals surface area (Å²) in [5.41, 5.74) is 5.94. The second kappa shape index (κ2) is 7.09. The van der Waals surface area contributed by atoms with Crippen molar-refractivity contribution in [3.8, 4) is 0 Å². The zero-order valence-electron chi connectivity index (χ0n) is 13.0. The molecule has 0 bridgehead atoms. The van der Waals surface area contributed by atoms with E-state index in [2.05, 4.69) is 11.9 Å². The van der Waals surface area contributed by atoms with Gasteiger partial charge < -0.3 is 20.3 Å². The van der Waals surface area contributed by atoms with E-state index in [1.54, 1.807) is 4.90 Å². The van der Waals surface area contributed by atoms with Crippen LogP contribution in [-0.4, -0.2) is 55.7 Å². The fourth-order valence-corrected chi connectivity index (χ4v) is 3.42. The smallest absolute Gasteiger partial charge is 0.267 e. The van der Waals surface area contributed by atoms with Crippen molar-refractivity contribution in [2.45, 2.75) is 32.2 Å². The monoisotopic (exact) mass is 312 g/mol. The Morgan fingerprint density at radius 2 is 2.10 bits per heavy atom. The van der Waals surface area contributed by atoms with E-state index in [1.165, 1.54) is 11.3 Å². The predicted octanol–water partition coefficient (Wildman–Crippen LogP) is 1.82. The molecular formula is C14H24N4O2S. The van der Waals surface area contributed by atoms with E-state index in [0.717, 1.165) is 30.9 Å². The summed E-state index contributed by atoms with van der Waals surface area (Å²) in [7, 11) is 3.81. The van der Waals surface area contributed by atoms with Crippen molar-refractivity contribution >= 4 is 28.2 Å². The number of aromatic nitrogens is 1. The van der Waals surface area contributed by atoms with Gasteiger partial charge in [0.15, 0.2) is 5.13 Å². The van der Waals surface area contributed by atoms with Gasteiger partial charge in [0.1, 0.15) is 10.7 Å². The number of rotatable bonds is 5. The Morgan fingerprint density at radius 3 is 2.71 bits per heavy atom. The Kier molecular flexibility index (Phi) is 5.41. The van der Waals surface area contributed by atoms with Crippen molar-refractivity contribution in [2.75, 3.05) is 44.5 Å². The molecule has 0 saturated carbocycles. The van der Waals surface area contributed by atoms with Crippen LogP contribution in [0.25, 0.3) is 0 Å². The molecule has 0 spiro atoms. The van der Waals surface area contributed by atoms with Gasteiger partial charge in [0.25, 0.3) is 5.91 Å². The van der Waals surface area contributed by atoms with E-state index in [4.69, 9.17) is 10.5 Å². The number of nitrogen functional groups attached to an aromatic ring is 1. The van der Waals surface area contributed by atoms with Gasteiger partial charge >= 0.3 is 0 Å². The second-order valence-electron chi connectivity index (χ2n) is 5.39. The molecule has 21 heavy (non-hydrogen) atoms. The third-order valence-corrected chi connectivity index (χ3v) is 4.95. The Hall–Kier alpha value is -1.34. The van der Waals surface area contributed by atoms with E-state index < -0.39 is 0 Å². The maximum absolute atomic E-state index is 12.6. The molecular weight excluding hydrogens is 288 g/mol. The van der Waals surface area contributed by atoms with Crippen molar-refractivity contribution in [3.63, 3.8) is 0 Å². The highest BCUT2D eigenvalue weighted by atomic mass is 32.1. The summed E-state index contributed by atoms with van der Waals surface area (Å²) < 4.78 is 5.34. The Labute approximate surface area is 129 Å². The molecule has 2 rings (SSSR count). The van der Waals surface area contributed by atoms with Crippen LogP contribution in [0.15, 0.2) is 0 Å². The molecule has 1 fully saturated rings. The predicted molar refractivity (Wildman–Crippen MR) is 86.0 cm³/mol. The zero-order chi connectivity index (χ0) is 15.4. The first-order valence-electron chi connectivity index (χ1n) is 7.37. The number of nitrogens with two attached hydrogens (primary N) is 1. The molecule has 1 amide bonds. The lowest BCUT2D eigenvalue weighted by molar-refractivity contribution is 0.0365. The highest BCUT2D eigenvalue weighted by molar-refractivity contribution is 7.18. The van der Waals surface area contributed by atoms with Crippen LogP contribution >= 0.6 is 11.3 Å². The van der Waals surface area contributed by atoms with E-state index >= 15 is 0 Å². The van der Waals surface area contributed by atoms with Gasteiger partial charge in [-0.25, -0.2) is 4.98 Å². The van der Waals surface area contributed by atoms with Crippen molar-refractivity contribution in [3.05, 3.63) is 4.88 Å². The van der Waals surface area contributed by atoms with E-state index in [-0.39, 0.29) is 11.9 Å². The van der Waals surface area contributed by atoms with Crippen molar-refractivity contribution in [1.82, 2.24) is 9.88 Å². The molecule has 1 aliphatic rings. The van der Waals surface area contributed by atoms with Crippen LogP contribution < -0.4 is 10.6 Å². The molecule has 1 saturated heterocycles. The summed E-state index contributed by atoms with van der Waals surface area (Å²) >= 11 is 1.38. The molecule has 0 aliphatic carbocycles. The largest absolute Gasteiger partial charge is 0.382 e. The molecule has 1 aromatic heterocycles. The average molecular weight is 312 g/mol. The van der Waals surface area contributed by atoms with Gasteiger partial charge in [0, 0.05) is 39.9 Å². The van der Waals surface area contributed by atoms with Crippen LogP contribution in [0.4, 0.5) is 10.9 Å². The topological polar surface area (TPSA) is 71.7 Å². The molecule has 118 valence electrons. The maximum atomic E-state index is 12.6. The van der Waals surface area contributed by atoms with Gasteiger partial charge in [-0.1, -0.05) is 18.3 Å². The van der Waals surface area contributed by atoms with Crippen LogP contribution in [0.5, 0.6) is 0 Å². The van der Waals surface area contributed by atoms with Crippen molar-refractivity contribution < 1.29 is 9.53 Å². The lowest BCUT2D eigenvalue weighted by Gasteiger charge is -2.30. The highest BCUT2D eigenvalue weighted by Crippen LogP contribution is 2.29. The number of nitrogens with zero attached hydrogens (tertiary/aromatic N) is 3. The lowest BCUT2D eigenvalue weighted by Crippen LogP contribution is -2.40. The molecule has 1 aliphatic heterocycles. The van der Waals surface area contributed by atoms with Crippen LogP contribution in [0, 0.1) is 0 Å². The third kappa shape index (κ3) is 3.65. The van der Waals surface area contributed by atoms with Crippen LogP contribution in [0.2, 0.25) is 0 Å². The Balaban J connectivity index is 2.11. The number of ether oxygens (including phenoxy) is 1. The minimum Gasteiger partial charge on any atom is -0.382 e. The summed E-state index contributed by atoms with van der Waals surface area (Å²) in [6.45, 7) is 4.44. The van der Waals surface area contributed by atoms with E-state index in [0.29, 0.717) is 23.9 Å². The summed E-state index contributed by atoms with van der Waals surface area (Å²) in [5, 5.41) is 0.804. The molecule has 0 radical (unpaired) electrons. The fraction of sp³-hybridized carbons (Fsp3) is 0.714. The number of anilines is 2. The number of hydrogen-bond acceptors (Lipinski definition) is 6. The lowest BCUT2D eigenvalue weighted by atomic mass is 10.1. The Bertz CT molecular complexity index is 485.